The third kappa shape index (κ3) is 6.30. The van der Waals surface area contributed by atoms with Gasteiger partial charge in [0.25, 0.3) is 0 Å². The minimum Gasteiger partial charge on any atom is -0.457 e. The largest absolute Gasteiger partial charge is 0.457 e. The zero-order valence-corrected chi connectivity index (χ0v) is 14.8. The van der Waals surface area contributed by atoms with E-state index < -0.39 is 15.8 Å². The summed E-state index contributed by atoms with van der Waals surface area (Å²) in [6.45, 7) is 1.43. The van der Waals surface area contributed by atoms with E-state index in [-0.39, 0.29) is 42.1 Å². The summed E-state index contributed by atoms with van der Waals surface area (Å²) in [5.74, 6) is -1.14. The first-order valence-electron chi connectivity index (χ1n) is 7.98. The Bertz CT molecular complexity index is 754. The highest BCUT2D eigenvalue weighted by atomic mass is 32.2. The molecule has 1 amide bonds. The van der Waals surface area contributed by atoms with Crippen LogP contribution >= 0.6 is 0 Å². The molecule has 0 bridgehead atoms. The normalized spacial score (nSPS) is 18.5. The van der Waals surface area contributed by atoms with Crippen LogP contribution in [-0.4, -0.2) is 44.2 Å². The summed E-state index contributed by atoms with van der Waals surface area (Å²) < 4.78 is 27.7. The number of ketones is 1. The molecule has 0 unspecified atom stereocenters. The van der Waals surface area contributed by atoms with Crippen LogP contribution in [-0.2, 0) is 30.7 Å². The lowest BCUT2D eigenvalue weighted by Crippen LogP contribution is -2.19. The number of hydrogen-bond acceptors (Lipinski definition) is 6. The fraction of sp³-hybridized carbons (Fsp3) is 0.471. The third-order valence-corrected chi connectivity index (χ3v) is 5.80. The molecule has 0 radical (unpaired) electrons. The Hall–Kier alpha value is -2.22. The topological polar surface area (TPSA) is 107 Å². The van der Waals surface area contributed by atoms with Crippen LogP contribution in [0.2, 0.25) is 0 Å². The van der Waals surface area contributed by atoms with Gasteiger partial charge in [0.05, 0.1) is 11.5 Å². The highest BCUT2D eigenvalue weighted by Gasteiger charge is 2.30. The molecule has 1 aliphatic rings. The number of amides is 1. The van der Waals surface area contributed by atoms with Gasteiger partial charge in [-0.3, -0.25) is 14.4 Å². The van der Waals surface area contributed by atoms with Crippen molar-refractivity contribution in [1.82, 2.24) is 5.32 Å². The Balaban J connectivity index is 1.77. The average molecular weight is 367 g/mol. The van der Waals surface area contributed by atoms with Gasteiger partial charge in [0.15, 0.2) is 22.2 Å². The van der Waals surface area contributed by atoms with Crippen molar-refractivity contribution in [2.75, 3.05) is 18.1 Å². The predicted octanol–water partition coefficient (Wildman–Crippen LogP) is 0.873. The molecule has 25 heavy (non-hydrogen) atoms. The van der Waals surface area contributed by atoms with Crippen LogP contribution in [0.3, 0.4) is 0 Å². The molecule has 1 heterocycles. The lowest BCUT2D eigenvalue weighted by Gasteiger charge is -2.08. The molecule has 1 saturated heterocycles. The maximum Gasteiger partial charge on any atom is 0.306 e. The molecular formula is C17H21NO6S. The lowest BCUT2D eigenvalue weighted by atomic mass is 10.1. The Morgan fingerprint density at radius 1 is 1.20 bits per heavy atom. The van der Waals surface area contributed by atoms with E-state index in [2.05, 4.69) is 5.32 Å². The molecule has 1 atom stereocenters. The zero-order valence-electron chi connectivity index (χ0n) is 14.0. The average Bonchev–Trinajstić information content (AvgIpc) is 2.89. The first-order chi connectivity index (χ1) is 11.7. The van der Waals surface area contributed by atoms with Crippen LogP contribution in [0.25, 0.3) is 0 Å². The number of sulfone groups is 1. The number of nitrogens with one attached hydrogen (secondary N) is 1. The number of Topliss-reactive ketones (excluding diaryl/α,β-unsaturated/α-hetero) is 1. The first kappa shape index (κ1) is 19.1. The second-order valence-corrected chi connectivity index (χ2v) is 8.39. The molecule has 0 spiro atoms. The van der Waals surface area contributed by atoms with Gasteiger partial charge in [-0.25, -0.2) is 8.42 Å². The molecular weight excluding hydrogens is 346 g/mol. The van der Waals surface area contributed by atoms with Crippen LogP contribution in [0.15, 0.2) is 24.3 Å². The molecule has 1 N–H and O–H groups in total. The van der Waals surface area contributed by atoms with Gasteiger partial charge in [-0.2, -0.15) is 0 Å². The molecule has 0 aromatic heterocycles. The van der Waals surface area contributed by atoms with Gasteiger partial charge in [0.1, 0.15) is 0 Å². The summed E-state index contributed by atoms with van der Waals surface area (Å²) in [6.07, 6.45) is 0.475. The van der Waals surface area contributed by atoms with Gasteiger partial charge in [0, 0.05) is 25.5 Å². The molecule has 0 aliphatic carbocycles. The summed E-state index contributed by atoms with van der Waals surface area (Å²) in [5, 5.41) is 2.65. The quantitative estimate of drug-likeness (QED) is 0.566. The molecule has 1 aromatic rings. The van der Waals surface area contributed by atoms with Crippen molar-refractivity contribution in [2.24, 2.45) is 5.92 Å². The minimum absolute atomic E-state index is 0.00576. The molecule has 7 nitrogen and oxygen atoms in total. The molecule has 0 saturated carbocycles. The van der Waals surface area contributed by atoms with Crippen LogP contribution < -0.4 is 5.32 Å². The van der Waals surface area contributed by atoms with E-state index in [9.17, 15) is 22.8 Å². The number of carbonyl (C=O) groups excluding carboxylic acids is 3. The van der Waals surface area contributed by atoms with Crippen molar-refractivity contribution < 1.29 is 27.5 Å². The highest BCUT2D eigenvalue weighted by Crippen LogP contribution is 2.21. The second kappa shape index (κ2) is 8.24. The van der Waals surface area contributed by atoms with Gasteiger partial charge in [-0.15, -0.1) is 0 Å². The molecule has 136 valence electrons. The lowest BCUT2D eigenvalue weighted by molar-refractivity contribution is -0.143. The zero-order chi connectivity index (χ0) is 18.4. The van der Waals surface area contributed by atoms with Gasteiger partial charge in [-0.05, 0) is 17.9 Å². The van der Waals surface area contributed by atoms with Crippen LogP contribution in [0.5, 0.6) is 0 Å². The highest BCUT2D eigenvalue weighted by molar-refractivity contribution is 7.91. The van der Waals surface area contributed by atoms with E-state index >= 15 is 0 Å². The van der Waals surface area contributed by atoms with E-state index in [1.54, 1.807) is 24.3 Å². The minimum atomic E-state index is -3.03. The molecule has 1 aliphatic heterocycles. The van der Waals surface area contributed by atoms with Gasteiger partial charge < -0.3 is 10.1 Å². The van der Waals surface area contributed by atoms with Crippen LogP contribution in [0, 0.1) is 5.92 Å². The number of ether oxygens (including phenoxy) is 1. The summed E-state index contributed by atoms with van der Waals surface area (Å²) in [6, 6.07) is 6.65. The fourth-order valence-corrected chi connectivity index (χ4v) is 4.45. The van der Waals surface area contributed by atoms with Gasteiger partial charge in [-0.1, -0.05) is 24.3 Å². The number of carbonyl (C=O) groups is 3. The third-order valence-electron chi connectivity index (χ3n) is 3.96. The fourth-order valence-electron chi connectivity index (χ4n) is 2.59. The molecule has 1 fully saturated rings. The van der Waals surface area contributed by atoms with Crippen molar-refractivity contribution in [3.63, 3.8) is 0 Å². The molecule has 1 aromatic carbocycles. The van der Waals surface area contributed by atoms with E-state index in [1.807, 2.05) is 0 Å². The number of hydrogen-bond donors (Lipinski definition) is 1. The van der Waals surface area contributed by atoms with Crippen LogP contribution in [0.1, 0.15) is 35.7 Å². The van der Waals surface area contributed by atoms with Crippen molar-refractivity contribution in [2.45, 2.75) is 26.3 Å². The Labute approximate surface area is 146 Å². The van der Waals surface area contributed by atoms with Crippen LogP contribution in [0.4, 0.5) is 0 Å². The summed E-state index contributed by atoms with van der Waals surface area (Å²) in [4.78, 5) is 34.6. The Morgan fingerprint density at radius 2 is 1.88 bits per heavy atom. The number of rotatable bonds is 7. The van der Waals surface area contributed by atoms with Crippen molar-refractivity contribution in [1.29, 1.82) is 0 Å². The Morgan fingerprint density at radius 3 is 2.44 bits per heavy atom. The number of benzene rings is 1. The Kier molecular flexibility index (Phi) is 6.30. The van der Waals surface area contributed by atoms with E-state index in [1.165, 1.54) is 6.92 Å². The summed E-state index contributed by atoms with van der Waals surface area (Å²) in [5.41, 5.74) is 1.26. The van der Waals surface area contributed by atoms with Crippen molar-refractivity contribution in [3.05, 3.63) is 35.4 Å². The van der Waals surface area contributed by atoms with E-state index in [0.29, 0.717) is 18.5 Å². The number of esters is 1. The molecule has 8 heteroatoms. The second-order valence-electron chi connectivity index (χ2n) is 6.16. The van der Waals surface area contributed by atoms with E-state index in [0.717, 1.165) is 5.56 Å². The van der Waals surface area contributed by atoms with Gasteiger partial charge in [0.2, 0.25) is 5.91 Å². The SMILES string of the molecule is CC(=O)NCc1ccc(C(=O)COC(=O)C[C@@H]2CCS(=O)(=O)C2)cc1. The monoisotopic (exact) mass is 367 g/mol. The van der Waals surface area contributed by atoms with Crippen molar-refractivity contribution >= 4 is 27.5 Å². The smallest absolute Gasteiger partial charge is 0.306 e. The maximum atomic E-state index is 12.0. The standard InChI is InChI=1S/C17H21NO6S/c1-12(19)18-9-13-2-4-15(5-3-13)16(20)10-24-17(21)8-14-6-7-25(22,23)11-14/h2-5,14H,6-11H2,1H3,(H,18,19)/t14-/m0/s1. The molecule has 2 rings (SSSR count). The predicted molar refractivity (Wildman–Crippen MR) is 90.6 cm³/mol. The summed E-state index contributed by atoms with van der Waals surface area (Å²) >= 11 is 0. The first-order valence-corrected chi connectivity index (χ1v) is 9.80. The maximum absolute atomic E-state index is 12.0. The summed E-state index contributed by atoms with van der Waals surface area (Å²) in [7, 11) is -3.03. The van der Waals surface area contributed by atoms with Crippen molar-refractivity contribution in [3.8, 4) is 0 Å². The van der Waals surface area contributed by atoms with Gasteiger partial charge >= 0.3 is 5.97 Å². The van der Waals surface area contributed by atoms with E-state index in [4.69, 9.17) is 4.74 Å².